The predicted octanol–water partition coefficient (Wildman–Crippen LogP) is 14.9. The third-order valence-corrected chi connectivity index (χ3v) is 14.1. The lowest BCUT2D eigenvalue weighted by atomic mass is 9.96. The molecule has 0 amide bonds. The van der Waals surface area contributed by atoms with Crippen LogP contribution in [0.3, 0.4) is 0 Å². The van der Waals surface area contributed by atoms with Crippen LogP contribution in [0, 0.1) is 0 Å². The van der Waals surface area contributed by atoms with Crippen molar-refractivity contribution in [1.29, 1.82) is 0 Å². The zero-order chi connectivity index (χ0) is 38.8. The van der Waals surface area contributed by atoms with Crippen molar-refractivity contribution < 1.29 is 4.42 Å². The average Bonchev–Trinajstić information content (AvgIpc) is 4.03. The van der Waals surface area contributed by atoms with E-state index in [9.17, 15) is 0 Å². The Morgan fingerprint density at radius 3 is 2.13 bits per heavy atom. The van der Waals surface area contributed by atoms with Crippen LogP contribution < -0.4 is 0 Å². The van der Waals surface area contributed by atoms with Crippen molar-refractivity contribution in [3.63, 3.8) is 0 Å². The summed E-state index contributed by atoms with van der Waals surface area (Å²) in [6.45, 7) is 0. The molecule has 0 radical (unpaired) electrons. The first kappa shape index (κ1) is 31.2. The molecule has 60 heavy (non-hydrogen) atoms. The fraction of sp³-hybridized carbons (Fsp3) is 0. The first-order valence-electron chi connectivity index (χ1n) is 20.3. The van der Waals surface area contributed by atoms with Gasteiger partial charge in [-0.1, -0.05) is 103 Å². The maximum Gasteiger partial charge on any atom is 0.235 e. The molecule has 0 spiro atoms. The second-order valence-corrected chi connectivity index (χ2v) is 17.2. The summed E-state index contributed by atoms with van der Waals surface area (Å²) in [5.41, 5.74) is 12.8. The van der Waals surface area contributed by atoms with Crippen molar-refractivity contribution in [1.82, 2.24) is 18.9 Å². The Morgan fingerprint density at radius 2 is 1.17 bits per heavy atom. The Kier molecular flexibility index (Phi) is 5.74. The quantitative estimate of drug-likeness (QED) is 0.168. The molecule has 0 aliphatic carbocycles. The van der Waals surface area contributed by atoms with E-state index in [1.54, 1.807) is 0 Å². The lowest BCUT2D eigenvalue weighted by molar-refractivity contribution is 0.669. The van der Waals surface area contributed by atoms with E-state index < -0.39 is 0 Å². The zero-order valence-electron chi connectivity index (χ0n) is 31.8. The highest BCUT2D eigenvalue weighted by molar-refractivity contribution is 7.26. The number of rotatable bonds is 3. The molecule has 276 valence electrons. The summed E-state index contributed by atoms with van der Waals surface area (Å²) in [7, 11) is 0. The van der Waals surface area contributed by atoms with E-state index in [-0.39, 0.29) is 0 Å². The third-order valence-electron chi connectivity index (χ3n) is 13.0. The van der Waals surface area contributed by atoms with E-state index in [4.69, 9.17) is 14.4 Å². The molecule has 0 saturated heterocycles. The maximum atomic E-state index is 6.20. The molecule has 9 aromatic carbocycles. The minimum atomic E-state index is 0.658. The fourth-order valence-electron chi connectivity index (χ4n) is 10.5. The molecule has 0 aliphatic rings. The van der Waals surface area contributed by atoms with Crippen LogP contribution in [0.15, 0.2) is 174 Å². The van der Waals surface area contributed by atoms with Crippen LogP contribution in [0.25, 0.3) is 141 Å². The number of thiophene rings is 1. The summed E-state index contributed by atoms with van der Waals surface area (Å²) in [6, 6.07) is 61.3. The number of benzene rings is 9. The van der Waals surface area contributed by atoms with Gasteiger partial charge in [-0.15, -0.1) is 11.3 Å². The second-order valence-electron chi connectivity index (χ2n) is 16.1. The van der Waals surface area contributed by atoms with E-state index in [2.05, 4.69) is 167 Å². The number of aromatic nitrogens is 4. The average molecular weight is 781 g/mol. The van der Waals surface area contributed by atoms with Crippen LogP contribution in [-0.4, -0.2) is 18.9 Å². The molecule has 0 atom stereocenters. The van der Waals surface area contributed by atoms with Gasteiger partial charge in [0.25, 0.3) is 0 Å². The normalized spacial score (nSPS) is 12.7. The van der Waals surface area contributed by atoms with Crippen molar-refractivity contribution in [2.45, 2.75) is 0 Å². The maximum absolute atomic E-state index is 6.20. The summed E-state index contributed by atoms with van der Waals surface area (Å²) in [5, 5.41) is 13.2. The first-order chi connectivity index (χ1) is 29.7. The van der Waals surface area contributed by atoms with Gasteiger partial charge >= 0.3 is 0 Å². The molecular weight excluding hydrogens is 753 g/mol. The van der Waals surface area contributed by atoms with Crippen molar-refractivity contribution in [3.8, 4) is 28.3 Å². The molecule has 15 rings (SSSR count). The van der Waals surface area contributed by atoms with Gasteiger partial charge in [0, 0.05) is 63.4 Å². The molecule has 0 aliphatic heterocycles. The molecular formula is C54H28N4OS. The molecule has 15 aromatic rings. The van der Waals surface area contributed by atoms with Gasteiger partial charge in [-0.3, -0.25) is 4.57 Å². The SMILES string of the molecule is c1cc(-c2ccc3oc4ccccc4c3c2)cc(-c2nc(-n3c4ccc5sc6cccc7c6c5c4c4c3ccc3c5ccccc5n7c34)nc3ccc4ccccc4c23)c1. The highest BCUT2D eigenvalue weighted by Crippen LogP contribution is 2.50. The summed E-state index contributed by atoms with van der Waals surface area (Å²) >= 11 is 1.88. The topological polar surface area (TPSA) is 48.3 Å². The third kappa shape index (κ3) is 3.87. The van der Waals surface area contributed by atoms with Gasteiger partial charge < -0.3 is 8.82 Å². The van der Waals surface area contributed by atoms with E-state index in [0.717, 1.165) is 77.0 Å². The molecule has 6 heterocycles. The standard InChI is InChI=1S/C54H28N4OS/c1-2-12-33-29(9-1)19-22-38-47(33)52(32-11-7-10-30(27-32)31-20-25-44-37(28-31)35-14-4-6-17-43(35)59-44)56-54(55-38)58-41-24-26-46-51-48-40(16-8-18-45(48)60-46)57-39-15-5-3-13-34(39)36-21-23-42(58)50(49(41)51)53(36)57/h1-28H. The van der Waals surface area contributed by atoms with Crippen molar-refractivity contribution >= 4 is 124 Å². The van der Waals surface area contributed by atoms with Crippen LogP contribution >= 0.6 is 11.3 Å². The number of furan rings is 1. The summed E-state index contributed by atoms with van der Waals surface area (Å²) in [4.78, 5) is 11.2. The van der Waals surface area contributed by atoms with E-state index >= 15 is 0 Å². The van der Waals surface area contributed by atoms with Gasteiger partial charge in [0.15, 0.2) is 0 Å². The number of fused-ring (bicyclic) bond motifs is 10. The van der Waals surface area contributed by atoms with Gasteiger partial charge in [-0.25, -0.2) is 9.97 Å². The molecule has 0 fully saturated rings. The zero-order valence-corrected chi connectivity index (χ0v) is 32.6. The molecule has 0 saturated carbocycles. The number of para-hydroxylation sites is 2. The molecule has 0 bridgehead atoms. The molecule has 6 aromatic heterocycles. The molecule has 0 unspecified atom stereocenters. The molecule has 0 N–H and O–H groups in total. The van der Waals surface area contributed by atoms with Gasteiger partial charge in [0.05, 0.1) is 38.8 Å². The first-order valence-corrected chi connectivity index (χ1v) is 21.1. The Hall–Kier alpha value is -7.80. The van der Waals surface area contributed by atoms with E-state index in [0.29, 0.717) is 5.95 Å². The van der Waals surface area contributed by atoms with Crippen molar-refractivity contribution in [2.75, 3.05) is 0 Å². The number of nitrogens with zero attached hydrogens (tertiary/aromatic N) is 4. The Bertz CT molecular complexity index is 4320. The highest BCUT2D eigenvalue weighted by atomic mass is 32.1. The van der Waals surface area contributed by atoms with E-state index in [1.807, 2.05) is 23.5 Å². The minimum Gasteiger partial charge on any atom is -0.456 e. The van der Waals surface area contributed by atoms with Gasteiger partial charge in [0.1, 0.15) is 11.2 Å². The smallest absolute Gasteiger partial charge is 0.235 e. The molecule has 6 heteroatoms. The summed E-state index contributed by atoms with van der Waals surface area (Å²) < 4.78 is 13.6. The Morgan fingerprint density at radius 1 is 0.417 bits per heavy atom. The predicted molar refractivity (Wildman–Crippen MR) is 251 cm³/mol. The van der Waals surface area contributed by atoms with E-state index in [1.165, 1.54) is 58.3 Å². The van der Waals surface area contributed by atoms with Crippen LogP contribution in [-0.2, 0) is 0 Å². The Labute approximate surface area is 344 Å². The number of hydrogen-bond donors (Lipinski definition) is 0. The lowest BCUT2D eigenvalue weighted by Gasteiger charge is -2.14. The number of hydrogen-bond acceptors (Lipinski definition) is 4. The van der Waals surface area contributed by atoms with Crippen LogP contribution in [0.2, 0.25) is 0 Å². The molecule has 5 nitrogen and oxygen atoms in total. The van der Waals surface area contributed by atoms with Crippen LogP contribution in [0.1, 0.15) is 0 Å². The summed E-state index contributed by atoms with van der Waals surface area (Å²) in [6.07, 6.45) is 0. The highest BCUT2D eigenvalue weighted by Gasteiger charge is 2.27. The Balaban J connectivity index is 1.06. The summed E-state index contributed by atoms with van der Waals surface area (Å²) in [5.74, 6) is 0.658. The minimum absolute atomic E-state index is 0.658. The van der Waals surface area contributed by atoms with Gasteiger partial charge in [-0.2, -0.15) is 0 Å². The fourth-order valence-corrected chi connectivity index (χ4v) is 11.7. The monoisotopic (exact) mass is 780 g/mol. The van der Waals surface area contributed by atoms with Crippen molar-refractivity contribution in [3.05, 3.63) is 170 Å². The second kappa shape index (κ2) is 11.0. The largest absolute Gasteiger partial charge is 0.456 e. The van der Waals surface area contributed by atoms with Gasteiger partial charge in [-0.05, 0) is 88.6 Å². The van der Waals surface area contributed by atoms with Crippen LogP contribution in [0.5, 0.6) is 0 Å². The van der Waals surface area contributed by atoms with Crippen molar-refractivity contribution in [2.24, 2.45) is 0 Å². The van der Waals surface area contributed by atoms with Gasteiger partial charge in [0.2, 0.25) is 5.95 Å². The van der Waals surface area contributed by atoms with Crippen LogP contribution in [0.4, 0.5) is 0 Å². The lowest BCUT2D eigenvalue weighted by Crippen LogP contribution is -2.04.